The SMILES string of the molecule is C[C@@H](O)[C@@H]1NC(=O)[C@@H](NC[C@H]2CC[C@H](c3nnc(-c4ccc(-c5cnc(N6CCC(OC7CCCCC7)CC6)nc5)cc4)s3)CC2)C[C@@H](O)CNC(=O)[C@@H]2[C@@H](O)[C@@H](C)CN2C(=O)[C@H]([C@H](O)CC(N)=O)NC(=O)[C@H]([C@H](O)[C@@H](O)c2ccc(O)c(OS(=O)(=O)O)c2)NC(=O)[C@@H]2C[C@@H](O)CN2C1=O. The van der Waals surface area contributed by atoms with Crippen molar-refractivity contribution < 1.29 is 96.3 Å². The Morgan fingerprint density at radius 1 is 0.740 bits per heavy atom. The lowest BCUT2D eigenvalue weighted by atomic mass is 9.82. The van der Waals surface area contributed by atoms with Gasteiger partial charge in [-0.3, -0.25) is 38.1 Å². The Morgan fingerprint density at radius 3 is 2.04 bits per heavy atom. The van der Waals surface area contributed by atoms with Crippen molar-refractivity contribution in [2.24, 2.45) is 17.6 Å². The van der Waals surface area contributed by atoms with Gasteiger partial charge in [-0.05, 0) is 100 Å². The predicted molar refractivity (Wildman–Crippen MR) is 355 cm³/mol. The number of anilines is 1. The summed E-state index contributed by atoms with van der Waals surface area (Å²) in [6, 6.07) is -1.45. The summed E-state index contributed by atoms with van der Waals surface area (Å²) in [6.07, 6.45) is -0.676. The van der Waals surface area contributed by atoms with Crippen LogP contribution in [0, 0.1) is 11.8 Å². The second-order valence-corrected chi connectivity index (χ2v) is 29.1. The fourth-order valence-electron chi connectivity index (χ4n) is 14.1. The number of phenols is 1. The van der Waals surface area contributed by atoms with Gasteiger partial charge in [-0.15, -0.1) is 10.2 Å². The molecule has 0 spiro atoms. The number of piperidine rings is 1. The maximum atomic E-state index is 14.7. The lowest BCUT2D eigenvalue weighted by molar-refractivity contribution is -0.148. The minimum Gasteiger partial charge on any atom is -0.504 e. The summed E-state index contributed by atoms with van der Waals surface area (Å²) in [5.41, 5.74) is 7.58. The molecule has 4 saturated heterocycles. The molecule has 10 rings (SSSR count). The first-order valence-electron chi connectivity index (χ1n) is 33.8. The summed E-state index contributed by atoms with van der Waals surface area (Å²) in [6.45, 7) is 2.84. The van der Waals surface area contributed by atoms with Gasteiger partial charge in [-0.25, -0.2) is 9.97 Å². The van der Waals surface area contributed by atoms with E-state index in [1.165, 1.54) is 37.5 Å². The summed E-state index contributed by atoms with van der Waals surface area (Å²) in [4.78, 5) is 113. The molecule has 6 aliphatic rings. The molecule has 4 aromatic rings. The van der Waals surface area contributed by atoms with Gasteiger partial charge < -0.3 is 96.8 Å². The van der Waals surface area contributed by atoms with Gasteiger partial charge in [0.25, 0.3) is 0 Å². The maximum Gasteiger partial charge on any atom is 0.446 e. The molecule has 6 fully saturated rings. The molecule has 0 radical (unpaired) electrons. The number of aromatic hydroxyl groups is 1. The van der Waals surface area contributed by atoms with Crippen molar-refractivity contribution in [3.8, 4) is 33.2 Å². The van der Waals surface area contributed by atoms with Gasteiger partial charge in [0.15, 0.2) is 11.5 Å². The Balaban J connectivity index is 0.832. The monoisotopic (exact) mass is 1440 g/mol. The highest BCUT2D eigenvalue weighted by Crippen LogP contribution is 2.40. The van der Waals surface area contributed by atoms with E-state index in [1.807, 2.05) is 36.7 Å². The molecular weight excluding hydrogens is 1350 g/mol. The number of nitrogens with two attached hydrogens (primary N) is 1. The predicted octanol–water partition coefficient (Wildman–Crippen LogP) is -1.68. The van der Waals surface area contributed by atoms with Crippen LogP contribution >= 0.6 is 11.3 Å². The van der Waals surface area contributed by atoms with Crippen LogP contribution < -0.4 is 41.4 Å². The van der Waals surface area contributed by atoms with Crippen LogP contribution in [-0.2, 0) is 48.7 Å². The largest absolute Gasteiger partial charge is 0.504 e. The first-order chi connectivity index (χ1) is 47.6. The lowest BCUT2D eigenvalue weighted by Gasteiger charge is -2.34. The molecule has 4 aliphatic heterocycles. The van der Waals surface area contributed by atoms with Gasteiger partial charge in [0.1, 0.15) is 52.4 Å². The number of carbonyl (C=O) groups excluding carboxylic acids is 7. The molecule has 546 valence electrons. The minimum absolute atomic E-state index is 0.0384. The third-order valence-corrected chi connectivity index (χ3v) is 21.2. The van der Waals surface area contributed by atoms with Crippen LogP contribution in [0.5, 0.6) is 11.5 Å². The highest BCUT2D eigenvalue weighted by molar-refractivity contribution is 7.81. The highest BCUT2D eigenvalue weighted by atomic mass is 32.3. The Labute approximate surface area is 580 Å². The van der Waals surface area contributed by atoms with E-state index in [0.29, 0.717) is 43.8 Å². The van der Waals surface area contributed by atoms with E-state index in [-0.39, 0.29) is 24.5 Å². The third-order valence-electron chi connectivity index (χ3n) is 19.7. The second-order valence-electron chi connectivity index (χ2n) is 27.1. The molecule has 2 aromatic heterocycles. The van der Waals surface area contributed by atoms with E-state index < -0.39 is 193 Å². The van der Waals surface area contributed by atoms with E-state index in [1.54, 1.807) is 0 Å². The van der Waals surface area contributed by atoms with E-state index in [0.717, 1.165) is 94.3 Å². The summed E-state index contributed by atoms with van der Waals surface area (Å²) >= 11 is 1.50. The molecule has 0 bridgehead atoms. The number of benzene rings is 2. The molecule has 33 nitrogen and oxygen atoms in total. The maximum absolute atomic E-state index is 14.7. The van der Waals surface area contributed by atoms with Gasteiger partial charge in [-0.2, -0.15) is 8.42 Å². The van der Waals surface area contributed by atoms with Crippen molar-refractivity contribution in [1.29, 1.82) is 0 Å². The number of hydrogen-bond acceptors (Lipinski definition) is 26. The molecular formula is C65H89N13O20S2. The minimum atomic E-state index is -5.32. The number of primary amides is 1. The van der Waals surface area contributed by atoms with Crippen LogP contribution in [0.4, 0.5) is 5.95 Å². The summed E-state index contributed by atoms with van der Waals surface area (Å²) in [5.74, 6) is -10.7. The van der Waals surface area contributed by atoms with Crippen LogP contribution in [0.3, 0.4) is 0 Å². The molecule has 100 heavy (non-hydrogen) atoms. The number of ether oxygens (including phenoxy) is 1. The second kappa shape index (κ2) is 33.0. The number of β-amino-alcohol motifs (C(OH)–C–C–N with tert-alkyl or cyclic N) is 1. The molecule has 2 aliphatic carbocycles. The number of hydrogen-bond donors (Lipinski definition) is 15. The average molecular weight is 1440 g/mol. The normalized spacial score (nSPS) is 28.9. The van der Waals surface area contributed by atoms with Gasteiger partial charge in [0.05, 0.1) is 55.2 Å². The zero-order valence-corrected chi connectivity index (χ0v) is 56.9. The average Bonchev–Trinajstić information content (AvgIpc) is 1.61. The number of phenolic OH excluding ortho intramolecular Hbond substituents is 1. The van der Waals surface area contributed by atoms with Crippen molar-refractivity contribution in [2.45, 2.75) is 201 Å². The molecule has 0 unspecified atom stereocenters. The van der Waals surface area contributed by atoms with Crippen LogP contribution in [0.15, 0.2) is 54.9 Å². The van der Waals surface area contributed by atoms with Gasteiger partial charge in [0, 0.05) is 74.5 Å². The number of aliphatic hydroxyl groups excluding tert-OH is 7. The Morgan fingerprint density at radius 2 is 1.38 bits per heavy atom. The zero-order valence-electron chi connectivity index (χ0n) is 55.3. The molecule has 16 N–H and O–H groups in total. The van der Waals surface area contributed by atoms with E-state index in [4.69, 9.17) is 20.4 Å². The Bertz CT molecular complexity index is 3650. The highest BCUT2D eigenvalue weighted by Gasteiger charge is 2.50. The van der Waals surface area contributed by atoms with Crippen molar-refractivity contribution in [3.63, 3.8) is 0 Å². The Kier molecular flexibility index (Phi) is 24.7. The smallest absolute Gasteiger partial charge is 0.446 e. The third kappa shape index (κ3) is 18.5. The van der Waals surface area contributed by atoms with Gasteiger partial charge in [0.2, 0.25) is 47.3 Å². The number of nitrogens with zero attached hydrogens (tertiary/aromatic N) is 7. The van der Waals surface area contributed by atoms with E-state index in [9.17, 15) is 87.4 Å². The Hall–Kier alpha value is -7.68. The molecule has 2 saturated carbocycles. The van der Waals surface area contributed by atoms with Crippen molar-refractivity contribution in [2.75, 3.05) is 44.2 Å². The summed E-state index contributed by atoms with van der Waals surface area (Å²) in [7, 11) is -5.32. The first kappa shape index (κ1) is 75.0. The molecule has 14 atom stereocenters. The fourth-order valence-corrected chi connectivity index (χ4v) is 15.5. The summed E-state index contributed by atoms with van der Waals surface area (Å²) in [5, 5.41) is 114. The lowest BCUT2D eigenvalue weighted by Crippen LogP contribution is -2.64. The van der Waals surface area contributed by atoms with Gasteiger partial charge >= 0.3 is 10.4 Å². The van der Waals surface area contributed by atoms with Crippen LogP contribution in [-0.4, -0.2) is 249 Å². The van der Waals surface area contributed by atoms with Gasteiger partial charge in [-0.1, -0.05) is 67.9 Å². The first-order valence-corrected chi connectivity index (χ1v) is 36.0. The zero-order chi connectivity index (χ0) is 71.9. The molecule has 35 heteroatoms. The number of amides is 7. The summed E-state index contributed by atoms with van der Waals surface area (Å²) < 4.78 is 43.3. The van der Waals surface area contributed by atoms with Crippen molar-refractivity contribution in [3.05, 3.63) is 65.4 Å². The van der Waals surface area contributed by atoms with Crippen LogP contribution in [0.25, 0.3) is 21.7 Å². The van der Waals surface area contributed by atoms with Crippen molar-refractivity contribution >= 4 is 69.0 Å². The fraction of sp³-hybridized carbons (Fsp3) is 0.615. The van der Waals surface area contributed by atoms with E-state index in [2.05, 4.69) is 45.9 Å². The van der Waals surface area contributed by atoms with E-state index >= 15 is 0 Å². The van der Waals surface area contributed by atoms with Crippen LogP contribution in [0.2, 0.25) is 0 Å². The molecule has 2 aromatic carbocycles. The standard InChI is InChI=1S/C65H89N13O20S2/c1-32-30-78-53(54(32)85)60(91)68-29-40(80)23-44(67-26-34-8-10-36(11-9-34)61-74-75-62(99-61)37-14-12-35(13-15-37)39-27-69-65(70-28-39)76-20-18-43(19-21-76)97-42-6-4-3-5-7-42)57(88)71-50(33(2)79)63(92)77-31-41(81)24-45(77)58(89)73-52(59(90)72-51(64(78)93)47(83)25-49(66)84)56(87)55(86)38-16-17-46(82)48(22-38)98-100(94,95)96/h12-17,22,27-28,32-34,36,40-45,47,50-56,67,79-83,85-87H,3-11,18-21,23-26,29-31H2,1-2H3,(H2,66,84)(H,68,91)(H,71,88)(H,72,90)(H,73,89)(H,94,95,96)/t32-,33+,34-,36-,40+,41+,44-,45-,47+,50-,51-,52-,53-,54-,55-,56-/m0/s1. The number of aromatic nitrogens is 4. The molecule has 7 amide bonds. The number of carbonyl (C=O) groups is 7. The molecule has 6 heterocycles. The number of rotatable bonds is 18. The topological polar surface area (TPSA) is 502 Å². The number of fused-ring (bicyclic) bond motifs is 2. The number of aliphatic hydroxyl groups is 7. The quantitative estimate of drug-likeness (QED) is 0.0495. The number of nitrogens with one attached hydrogen (secondary N) is 5. The van der Waals surface area contributed by atoms with Crippen LogP contribution in [0.1, 0.15) is 126 Å². The van der Waals surface area contributed by atoms with Crippen molar-refractivity contribution in [1.82, 2.24) is 56.5 Å².